The lowest BCUT2D eigenvalue weighted by molar-refractivity contribution is -0.217. The molecule has 244 valence electrons. The van der Waals surface area contributed by atoms with Crippen LogP contribution in [0, 0.1) is 0 Å². The summed E-state index contributed by atoms with van der Waals surface area (Å²) in [5.41, 5.74) is -3.73. The number of hydrogen-bond acceptors (Lipinski definition) is 16. The fraction of sp³-hybridized carbons (Fsp3) is 0.524. The summed E-state index contributed by atoms with van der Waals surface area (Å²) in [7, 11) is -10.9. The highest BCUT2D eigenvalue weighted by atomic mass is 32.2. The molecule has 4 fully saturated rings. The number of hydrogen-bond donors (Lipinski definition) is 2. The minimum absolute atomic E-state index is 0.0188. The van der Waals surface area contributed by atoms with E-state index in [2.05, 4.69) is 4.84 Å². The van der Waals surface area contributed by atoms with Crippen LogP contribution >= 0.6 is 0 Å². The first kappa shape index (κ1) is 33.2. The van der Waals surface area contributed by atoms with Gasteiger partial charge in [-0.05, 0) is 0 Å². The Morgan fingerprint density at radius 1 is 0.644 bits per heavy atom. The maximum Gasteiger partial charge on any atom is 0.380 e. The van der Waals surface area contributed by atoms with E-state index in [4.69, 9.17) is 4.84 Å². The van der Waals surface area contributed by atoms with Crippen LogP contribution in [0.4, 0.5) is 0 Å². The Kier molecular flexibility index (Phi) is 8.38. The molecule has 4 rings (SSSR count). The third-order valence-electron chi connectivity index (χ3n) is 7.05. The first-order valence-corrected chi connectivity index (χ1v) is 15.5. The van der Waals surface area contributed by atoms with E-state index in [1.54, 1.807) is 0 Å². The van der Waals surface area contributed by atoms with E-state index in [0.717, 1.165) is 0 Å². The zero-order valence-electron chi connectivity index (χ0n) is 22.3. The third-order valence-corrected chi connectivity index (χ3v) is 9.23. The van der Waals surface area contributed by atoms with Gasteiger partial charge in [0.25, 0.3) is 55.7 Å². The van der Waals surface area contributed by atoms with Gasteiger partial charge in [0, 0.05) is 32.1 Å². The minimum Gasteiger partial charge on any atom is -0.330 e. The summed E-state index contributed by atoms with van der Waals surface area (Å²) in [6.45, 7) is 0. The molecular weight excluding hydrogens is 660 g/mol. The molecule has 4 saturated heterocycles. The van der Waals surface area contributed by atoms with Crippen molar-refractivity contribution in [3.8, 4) is 0 Å². The van der Waals surface area contributed by atoms with Crippen LogP contribution < -0.4 is 0 Å². The van der Waals surface area contributed by atoms with Gasteiger partial charge in [0.05, 0.1) is 19.3 Å². The Morgan fingerprint density at radius 3 is 1.33 bits per heavy atom. The second-order valence-corrected chi connectivity index (χ2v) is 13.1. The first-order chi connectivity index (χ1) is 20.7. The summed E-state index contributed by atoms with van der Waals surface area (Å²) < 4.78 is 66.6. The molecule has 2 unspecified atom stereocenters. The van der Waals surface area contributed by atoms with Gasteiger partial charge < -0.3 is 9.68 Å². The van der Waals surface area contributed by atoms with Crippen LogP contribution in [0.2, 0.25) is 0 Å². The molecular formula is C21H20N4O18S2. The first-order valence-electron chi connectivity index (χ1n) is 12.5. The monoisotopic (exact) mass is 680 g/mol. The van der Waals surface area contributed by atoms with Gasteiger partial charge in [-0.2, -0.15) is 16.8 Å². The quantitative estimate of drug-likeness (QED) is 0.163. The number of rotatable bonds is 10. The molecule has 22 nitrogen and oxygen atoms in total. The van der Waals surface area contributed by atoms with Crippen molar-refractivity contribution in [1.82, 2.24) is 19.9 Å². The topological polar surface area (TPSA) is 311 Å². The second kappa shape index (κ2) is 11.4. The zero-order valence-corrected chi connectivity index (χ0v) is 24.0. The molecule has 24 heteroatoms. The van der Waals surface area contributed by atoms with Crippen LogP contribution in [0.3, 0.4) is 0 Å². The highest BCUT2D eigenvalue weighted by Crippen LogP contribution is 2.39. The Labute approximate surface area is 250 Å². The number of amides is 8. The molecule has 0 aromatic heterocycles. The average Bonchev–Trinajstić information content (AvgIpc) is 3.62. The molecule has 4 aliphatic heterocycles. The van der Waals surface area contributed by atoms with Crippen molar-refractivity contribution in [2.24, 2.45) is 0 Å². The molecule has 4 heterocycles. The van der Waals surface area contributed by atoms with E-state index >= 15 is 0 Å². The number of nitrogens with zero attached hydrogens (tertiary/aromatic N) is 4. The maximum absolute atomic E-state index is 13.9. The van der Waals surface area contributed by atoms with E-state index in [1.165, 1.54) is 0 Å². The van der Waals surface area contributed by atoms with Crippen molar-refractivity contribution >= 4 is 79.4 Å². The summed E-state index contributed by atoms with van der Waals surface area (Å²) in [6, 6.07) is 0. The van der Waals surface area contributed by atoms with Crippen molar-refractivity contribution in [3.05, 3.63) is 0 Å². The molecule has 0 aromatic rings. The molecule has 4 aliphatic rings. The van der Waals surface area contributed by atoms with Crippen LogP contribution in [0.25, 0.3) is 0 Å². The minimum atomic E-state index is -5.47. The van der Waals surface area contributed by atoms with E-state index < -0.39 is 144 Å². The van der Waals surface area contributed by atoms with Crippen molar-refractivity contribution in [2.75, 3.05) is 0 Å². The number of carbonyl (C=O) groups is 10. The standard InChI is InChI=1S/C21H20N4O18S2/c26-11-1-2-12(27)24(11)42-17(32)5-6-21(20(35)43-25-13(28)3-4-14(25)29,22-15(30)7-9(18(22)33)44(36,37)38)23-16(31)8-10(19(23)34)45(39,40)41/h9-10H,1-8H2,(H,36,37,38)(H,39,40,41). The fourth-order valence-corrected chi connectivity index (χ4v) is 6.38. The molecule has 45 heavy (non-hydrogen) atoms. The molecule has 2 N–H and O–H groups in total. The van der Waals surface area contributed by atoms with E-state index in [9.17, 15) is 73.9 Å². The number of carbonyl (C=O) groups excluding carboxylic acids is 10. The Morgan fingerprint density at radius 2 is 1.00 bits per heavy atom. The summed E-state index contributed by atoms with van der Waals surface area (Å²) in [5, 5.41) is -5.54. The fourth-order valence-electron chi connectivity index (χ4n) is 4.95. The van der Waals surface area contributed by atoms with Crippen molar-refractivity contribution in [1.29, 1.82) is 0 Å². The lowest BCUT2D eigenvalue weighted by Crippen LogP contribution is -2.70. The van der Waals surface area contributed by atoms with Crippen molar-refractivity contribution in [3.63, 3.8) is 0 Å². The normalized spacial score (nSPS) is 24.3. The van der Waals surface area contributed by atoms with Crippen LogP contribution in [0.15, 0.2) is 0 Å². The molecule has 0 radical (unpaired) electrons. The predicted octanol–water partition coefficient (Wildman–Crippen LogP) is -4.29. The van der Waals surface area contributed by atoms with Crippen LogP contribution in [-0.2, 0) is 77.9 Å². The lowest BCUT2D eigenvalue weighted by atomic mass is 9.98. The summed E-state index contributed by atoms with van der Waals surface area (Å²) in [5.74, 6) is -15.7. The molecule has 0 spiro atoms. The number of imide groups is 4. The van der Waals surface area contributed by atoms with E-state index in [-0.39, 0.29) is 23.0 Å². The van der Waals surface area contributed by atoms with Gasteiger partial charge in [0.2, 0.25) is 17.5 Å². The highest BCUT2D eigenvalue weighted by Gasteiger charge is 2.67. The largest absolute Gasteiger partial charge is 0.380 e. The zero-order chi connectivity index (χ0) is 33.8. The van der Waals surface area contributed by atoms with Crippen LogP contribution in [0.1, 0.15) is 51.4 Å². The van der Waals surface area contributed by atoms with Crippen LogP contribution in [0.5, 0.6) is 0 Å². The van der Waals surface area contributed by atoms with Gasteiger partial charge in [-0.1, -0.05) is 0 Å². The number of hydroxylamine groups is 4. The summed E-state index contributed by atoms with van der Waals surface area (Å²) in [4.78, 5) is 136. The molecule has 0 aliphatic carbocycles. The maximum atomic E-state index is 13.9. The van der Waals surface area contributed by atoms with Gasteiger partial charge in [0.15, 0.2) is 10.5 Å². The van der Waals surface area contributed by atoms with Crippen molar-refractivity contribution < 1.29 is 83.6 Å². The van der Waals surface area contributed by atoms with Gasteiger partial charge in [-0.25, -0.2) is 19.4 Å². The van der Waals surface area contributed by atoms with Gasteiger partial charge in [-0.3, -0.25) is 47.5 Å². The van der Waals surface area contributed by atoms with Gasteiger partial charge >= 0.3 is 11.9 Å². The highest BCUT2D eigenvalue weighted by molar-refractivity contribution is 7.87. The van der Waals surface area contributed by atoms with E-state index in [0.29, 0.717) is 0 Å². The third kappa shape index (κ3) is 5.78. The predicted molar refractivity (Wildman–Crippen MR) is 130 cm³/mol. The summed E-state index contributed by atoms with van der Waals surface area (Å²) >= 11 is 0. The van der Waals surface area contributed by atoms with Crippen LogP contribution in [-0.4, -0.2) is 121 Å². The Balaban J connectivity index is 1.88. The van der Waals surface area contributed by atoms with Gasteiger partial charge in [0.1, 0.15) is 0 Å². The Hall–Kier alpha value is -4.68. The van der Waals surface area contributed by atoms with Crippen molar-refractivity contribution in [2.45, 2.75) is 67.5 Å². The molecule has 0 saturated carbocycles. The molecule has 8 amide bonds. The summed E-state index contributed by atoms with van der Waals surface area (Å²) in [6.07, 6.45) is -7.59. The molecule has 2 atom stereocenters. The smallest absolute Gasteiger partial charge is 0.330 e. The number of likely N-dealkylation sites (tertiary alicyclic amines) is 2. The lowest BCUT2D eigenvalue weighted by Gasteiger charge is -2.43. The molecule has 0 aromatic carbocycles. The SMILES string of the molecule is O=C(CCC(C(=O)ON1C(=O)CCC1=O)(N1C(=O)CC(S(=O)(=O)O)C1=O)N1C(=O)CC(S(=O)(=O)O)C1=O)ON1C(=O)CCC1=O. The van der Waals surface area contributed by atoms with E-state index in [1.807, 2.05) is 0 Å². The molecule has 0 bridgehead atoms. The second-order valence-electron chi connectivity index (χ2n) is 9.87. The Bertz CT molecular complexity index is 1600. The van der Waals surface area contributed by atoms with Gasteiger partial charge in [-0.15, -0.1) is 10.1 Å². The average molecular weight is 681 g/mol.